The van der Waals surface area contributed by atoms with Crippen molar-refractivity contribution >= 4 is 27.5 Å². The van der Waals surface area contributed by atoms with E-state index in [2.05, 4.69) is 35.1 Å². The molecule has 102 valence electrons. The Balaban J connectivity index is 2.39. The molecule has 0 aliphatic carbocycles. The number of nitrogens with one attached hydrogen (secondary N) is 1. The lowest BCUT2D eigenvalue weighted by molar-refractivity contribution is 0.101. The molecule has 0 fully saturated rings. The number of aliphatic hydroxyl groups excluding tert-OH is 1. The second kappa shape index (κ2) is 8.16. The Morgan fingerprint density at radius 3 is 2.56 bits per heavy atom. The van der Waals surface area contributed by atoms with Gasteiger partial charge in [-0.25, -0.2) is 0 Å². The summed E-state index contributed by atoms with van der Waals surface area (Å²) in [6.07, 6.45) is 1.77. The molecule has 1 aromatic rings. The monoisotopic (exact) mass is 333 g/mol. The predicted octanol–water partition coefficient (Wildman–Crippen LogP) is 3.99. The average molecular weight is 335 g/mol. The van der Waals surface area contributed by atoms with Crippen molar-refractivity contribution in [1.29, 1.82) is 0 Å². The smallest absolute Gasteiger partial charge is 0.0692 e. The first-order chi connectivity index (χ1) is 8.58. The Hall–Kier alpha value is -0.0900. The number of benzene rings is 1. The summed E-state index contributed by atoms with van der Waals surface area (Å²) in [7, 11) is 0. The van der Waals surface area contributed by atoms with Gasteiger partial charge in [-0.1, -0.05) is 44.4 Å². The van der Waals surface area contributed by atoms with Crippen molar-refractivity contribution in [2.45, 2.75) is 39.3 Å². The molecule has 4 heteroatoms. The van der Waals surface area contributed by atoms with Crippen LogP contribution in [-0.4, -0.2) is 17.8 Å². The minimum Gasteiger partial charge on any atom is -0.392 e. The molecule has 0 heterocycles. The van der Waals surface area contributed by atoms with E-state index in [4.69, 9.17) is 11.6 Å². The molecule has 0 aliphatic heterocycles. The maximum absolute atomic E-state index is 9.99. The van der Waals surface area contributed by atoms with Gasteiger partial charge in [0.05, 0.1) is 11.1 Å². The normalized spacial score (nSPS) is 13.0. The molecule has 1 atom stereocenters. The van der Waals surface area contributed by atoms with Gasteiger partial charge in [-0.05, 0) is 39.5 Å². The van der Waals surface area contributed by atoms with E-state index in [1.54, 1.807) is 0 Å². The first-order valence-corrected chi connectivity index (χ1v) is 7.58. The van der Waals surface area contributed by atoms with E-state index in [1.165, 1.54) is 0 Å². The van der Waals surface area contributed by atoms with Gasteiger partial charge in [-0.3, -0.25) is 0 Å². The summed E-state index contributed by atoms with van der Waals surface area (Å²) in [6, 6.07) is 5.86. The molecule has 1 aromatic carbocycles. The van der Waals surface area contributed by atoms with Crippen LogP contribution < -0.4 is 5.32 Å². The molecular weight excluding hydrogens is 314 g/mol. The van der Waals surface area contributed by atoms with Crippen LogP contribution in [0.25, 0.3) is 0 Å². The fraction of sp³-hybridized carbons (Fsp3) is 0.571. The molecule has 0 aliphatic rings. The van der Waals surface area contributed by atoms with E-state index in [9.17, 15) is 5.11 Å². The minimum absolute atomic E-state index is 0.268. The van der Waals surface area contributed by atoms with E-state index >= 15 is 0 Å². The van der Waals surface area contributed by atoms with Gasteiger partial charge in [0.15, 0.2) is 0 Å². The highest BCUT2D eigenvalue weighted by atomic mass is 79.9. The SMILES string of the molecule is CCC(CC)C(O)CNCc1ccc(Cl)c(Br)c1. The van der Waals surface area contributed by atoms with Crippen molar-refractivity contribution < 1.29 is 5.11 Å². The van der Waals surface area contributed by atoms with Crippen LogP contribution in [0, 0.1) is 5.92 Å². The average Bonchev–Trinajstić information content (AvgIpc) is 2.35. The third kappa shape index (κ3) is 4.88. The van der Waals surface area contributed by atoms with Gasteiger partial charge in [0.2, 0.25) is 0 Å². The summed E-state index contributed by atoms with van der Waals surface area (Å²) in [5.74, 6) is 0.384. The fourth-order valence-corrected chi connectivity index (χ4v) is 2.56. The van der Waals surface area contributed by atoms with E-state index < -0.39 is 0 Å². The van der Waals surface area contributed by atoms with Gasteiger partial charge in [0, 0.05) is 17.6 Å². The Labute approximate surface area is 123 Å². The Morgan fingerprint density at radius 2 is 2.00 bits per heavy atom. The number of halogens is 2. The second-order valence-electron chi connectivity index (χ2n) is 4.52. The summed E-state index contributed by atoms with van der Waals surface area (Å²) in [6.45, 7) is 5.61. The molecule has 0 saturated carbocycles. The van der Waals surface area contributed by atoms with Crippen molar-refractivity contribution in [1.82, 2.24) is 5.32 Å². The maximum atomic E-state index is 9.99. The lowest BCUT2D eigenvalue weighted by Gasteiger charge is -2.20. The third-order valence-corrected chi connectivity index (χ3v) is 4.47. The molecule has 0 spiro atoms. The highest BCUT2D eigenvalue weighted by Gasteiger charge is 2.14. The lowest BCUT2D eigenvalue weighted by atomic mass is 9.96. The van der Waals surface area contributed by atoms with Gasteiger partial charge < -0.3 is 10.4 Å². The first-order valence-electron chi connectivity index (χ1n) is 6.41. The van der Waals surface area contributed by atoms with Crippen LogP contribution in [0.5, 0.6) is 0 Å². The zero-order valence-electron chi connectivity index (χ0n) is 10.9. The number of hydrogen-bond acceptors (Lipinski definition) is 2. The summed E-state index contributed by atoms with van der Waals surface area (Å²) < 4.78 is 0.906. The van der Waals surface area contributed by atoms with Crippen molar-refractivity contribution in [3.8, 4) is 0 Å². The molecule has 0 saturated heterocycles. The van der Waals surface area contributed by atoms with Crippen molar-refractivity contribution in [3.63, 3.8) is 0 Å². The molecule has 1 rings (SSSR count). The molecule has 0 bridgehead atoms. The zero-order chi connectivity index (χ0) is 13.5. The largest absolute Gasteiger partial charge is 0.392 e. The van der Waals surface area contributed by atoms with E-state index in [0.717, 1.165) is 34.4 Å². The number of rotatable bonds is 7. The van der Waals surface area contributed by atoms with Crippen molar-refractivity contribution in [2.75, 3.05) is 6.54 Å². The van der Waals surface area contributed by atoms with Gasteiger partial charge in [-0.15, -0.1) is 0 Å². The van der Waals surface area contributed by atoms with Crippen LogP contribution in [0.2, 0.25) is 5.02 Å². The van der Waals surface area contributed by atoms with Crippen molar-refractivity contribution in [3.05, 3.63) is 33.3 Å². The van der Waals surface area contributed by atoms with Gasteiger partial charge in [0.25, 0.3) is 0 Å². The molecule has 2 nitrogen and oxygen atoms in total. The molecule has 0 aromatic heterocycles. The lowest BCUT2D eigenvalue weighted by Crippen LogP contribution is -2.32. The summed E-state index contributed by atoms with van der Waals surface area (Å²) >= 11 is 9.34. The van der Waals surface area contributed by atoms with E-state index in [-0.39, 0.29) is 6.10 Å². The second-order valence-corrected chi connectivity index (χ2v) is 5.78. The van der Waals surface area contributed by atoms with Gasteiger partial charge >= 0.3 is 0 Å². The third-order valence-electron chi connectivity index (χ3n) is 3.26. The topological polar surface area (TPSA) is 32.3 Å². The van der Waals surface area contributed by atoms with Crippen LogP contribution in [0.4, 0.5) is 0 Å². The molecule has 0 radical (unpaired) electrons. The Kier molecular flexibility index (Phi) is 7.23. The fourth-order valence-electron chi connectivity index (χ4n) is 2.01. The zero-order valence-corrected chi connectivity index (χ0v) is 13.3. The summed E-state index contributed by atoms with van der Waals surface area (Å²) in [4.78, 5) is 0. The highest BCUT2D eigenvalue weighted by molar-refractivity contribution is 9.10. The first kappa shape index (κ1) is 16.0. The predicted molar refractivity (Wildman–Crippen MR) is 80.9 cm³/mol. The summed E-state index contributed by atoms with van der Waals surface area (Å²) in [5.41, 5.74) is 1.16. The Morgan fingerprint density at radius 1 is 1.33 bits per heavy atom. The van der Waals surface area contributed by atoms with Crippen molar-refractivity contribution in [2.24, 2.45) is 5.92 Å². The molecule has 0 amide bonds. The number of hydrogen-bond donors (Lipinski definition) is 2. The van der Waals surface area contributed by atoms with Crippen LogP contribution >= 0.6 is 27.5 Å². The number of aliphatic hydroxyl groups is 1. The van der Waals surface area contributed by atoms with Gasteiger partial charge in [-0.2, -0.15) is 0 Å². The van der Waals surface area contributed by atoms with Crippen LogP contribution in [0.3, 0.4) is 0 Å². The summed E-state index contributed by atoms with van der Waals surface area (Å²) in [5, 5.41) is 14.0. The molecular formula is C14H21BrClNO. The van der Waals surface area contributed by atoms with Gasteiger partial charge in [0.1, 0.15) is 0 Å². The maximum Gasteiger partial charge on any atom is 0.0692 e. The molecule has 1 unspecified atom stereocenters. The quantitative estimate of drug-likeness (QED) is 0.790. The Bertz CT molecular complexity index is 369. The van der Waals surface area contributed by atoms with E-state index in [1.807, 2.05) is 18.2 Å². The molecule has 2 N–H and O–H groups in total. The highest BCUT2D eigenvalue weighted by Crippen LogP contribution is 2.23. The van der Waals surface area contributed by atoms with Crippen LogP contribution in [0.1, 0.15) is 32.3 Å². The standard InChI is InChI=1S/C14H21BrClNO/c1-3-11(4-2)14(18)9-17-8-10-5-6-13(16)12(15)7-10/h5-7,11,14,17-18H,3-4,8-9H2,1-2H3. The van der Waals surface area contributed by atoms with Crippen LogP contribution in [0.15, 0.2) is 22.7 Å². The molecule has 18 heavy (non-hydrogen) atoms. The minimum atomic E-state index is -0.268. The van der Waals surface area contributed by atoms with E-state index in [0.29, 0.717) is 12.5 Å². The van der Waals surface area contributed by atoms with Crippen LogP contribution in [-0.2, 0) is 6.54 Å².